The lowest BCUT2D eigenvalue weighted by Gasteiger charge is -2.22. The van der Waals surface area contributed by atoms with Crippen LogP contribution in [0.15, 0.2) is 71.5 Å². The molecule has 1 atom stereocenters. The summed E-state index contributed by atoms with van der Waals surface area (Å²) in [5.74, 6) is 0.393. The van der Waals surface area contributed by atoms with Crippen molar-refractivity contribution in [1.82, 2.24) is 4.98 Å². The van der Waals surface area contributed by atoms with Gasteiger partial charge in [-0.05, 0) is 38.1 Å². The molecule has 8 heteroatoms. The second-order valence-electron chi connectivity index (χ2n) is 7.12. The van der Waals surface area contributed by atoms with Crippen LogP contribution in [0, 0.1) is 6.92 Å². The maximum Gasteiger partial charge on any atom is 0.269 e. The van der Waals surface area contributed by atoms with Crippen LogP contribution in [0.4, 0.5) is 5.13 Å². The second kappa shape index (κ2) is 9.45. The molecular formula is C23H24N2O4S2. The fourth-order valence-electron chi connectivity index (χ4n) is 2.88. The highest BCUT2D eigenvalue weighted by atomic mass is 32.2. The summed E-state index contributed by atoms with van der Waals surface area (Å²) in [6.45, 7) is 7.73. The van der Waals surface area contributed by atoms with E-state index in [1.165, 1.54) is 22.5 Å². The molecule has 6 nitrogen and oxygen atoms in total. The van der Waals surface area contributed by atoms with Gasteiger partial charge in [-0.15, -0.1) is 17.9 Å². The Bertz CT molecular complexity index is 1170. The molecule has 0 radical (unpaired) electrons. The summed E-state index contributed by atoms with van der Waals surface area (Å²) in [5, 5.41) is 2.35. The van der Waals surface area contributed by atoms with E-state index in [1.807, 2.05) is 36.6 Å². The molecule has 0 aliphatic heterocycles. The topological polar surface area (TPSA) is 76.6 Å². The molecule has 0 aliphatic carbocycles. The minimum Gasteiger partial charge on any atom is -0.481 e. The smallest absolute Gasteiger partial charge is 0.269 e. The summed E-state index contributed by atoms with van der Waals surface area (Å²) >= 11 is 1.33. The van der Waals surface area contributed by atoms with Crippen molar-refractivity contribution in [3.05, 3.63) is 72.1 Å². The summed E-state index contributed by atoms with van der Waals surface area (Å²) in [6.07, 6.45) is 2.10. The van der Waals surface area contributed by atoms with E-state index in [0.717, 1.165) is 11.1 Å². The maximum atomic E-state index is 13.1. The third-order valence-corrected chi connectivity index (χ3v) is 6.55. The number of nitrogens with zero attached hydrogens (tertiary/aromatic N) is 2. The highest BCUT2D eigenvalue weighted by Gasteiger charge is 2.25. The fourth-order valence-corrected chi connectivity index (χ4v) is 4.36. The minimum absolute atomic E-state index is 0.228. The number of hydrogen-bond donors (Lipinski definition) is 0. The van der Waals surface area contributed by atoms with Crippen molar-refractivity contribution in [2.75, 3.05) is 17.7 Å². The van der Waals surface area contributed by atoms with Crippen molar-refractivity contribution in [3.8, 4) is 17.0 Å². The first kappa shape index (κ1) is 22.7. The summed E-state index contributed by atoms with van der Waals surface area (Å²) in [6, 6.07) is 14.0. The number of aromatic nitrogens is 1. The average molecular weight is 457 g/mol. The van der Waals surface area contributed by atoms with Crippen LogP contribution in [-0.4, -0.2) is 38.2 Å². The van der Waals surface area contributed by atoms with E-state index in [2.05, 4.69) is 11.6 Å². The lowest BCUT2D eigenvalue weighted by atomic mass is 10.2. The fraction of sp³-hybridized carbons (Fsp3) is 0.217. The van der Waals surface area contributed by atoms with Gasteiger partial charge in [0.05, 0.1) is 10.6 Å². The zero-order valence-corrected chi connectivity index (χ0v) is 19.2. The summed E-state index contributed by atoms with van der Waals surface area (Å²) in [7, 11) is -3.26. The summed E-state index contributed by atoms with van der Waals surface area (Å²) < 4.78 is 29.1. The molecule has 0 aliphatic rings. The van der Waals surface area contributed by atoms with E-state index in [-0.39, 0.29) is 10.8 Å². The van der Waals surface area contributed by atoms with Crippen molar-refractivity contribution in [2.45, 2.75) is 24.8 Å². The lowest BCUT2D eigenvalue weighted by molar-refractivity contribution is -0.124. The van der Waals surface area contributed by atoms with Gasteiger partial charge in [-0.3, -0.25) is 9.69 Å². The zero-order valence-electron chi connectivity index (χ0n) is 17.6. The number of aryl methyl sites for hydroxylation is 1. The van der Waals surface area contributed by atoms with Gasteiger partial charge in [0.25, 0.3) is 5.91 Å². The minimum atomic E-state index is -3.26. The Morgan fingerprint density at radius 3 is 2.42 bits per heavy atom. The van der Waals surface area contributed by atoms with E-state index in [0.29, 0.717) is 23.1 Å². The number of sulfone groups is 1. The Morgan fingerprint density at radius 2 is 1.84 bits per heavy atom. The molecule has 162 valence electrons. The third-order valence-electron chi connectivity index (χ3n) is 4.56. The normalized spacial score (nSPS) is 12.2. The molecule has 0 fully saturated rings. The number of carbonyl (C=O) groups is 1. The van der Waals surface area contributed by atoms with Crippen molar-refractivity contribution >= 4 is 32.2 Å². The first-order valence-electron chi connectivity index (χ1n) is 9.60. The van der Waals surface area contributed by atoms with Gasteiger partial charge in [0, 0.05) is 23.7 Å². The van der Waals surface area contributed by atoms with Crippen LogP contribution >= 0.6 is 11.3 Å². The standard InChI is InChI=1S/C23H24N2O4S2/c1-5-14-25(22(26)17(3)29-19-10-6-16(2)7-11-19)23-24-21(15-30-23)18-8-12-20(13-9-18)31(4,27)28/h5-13,15,17H,1,14H2,2-4H3/t17-/m1/s1. The molecule has 0 N–H and O–H groups in total. The van der Waals surface area contributed by atoms with Gasteiger partial charge < -0.3 is 4.74 Å². The van der Waals surface area contributed by atoms with Crippen LogP contribution in [0.25, 0.3) is 11.3 Å². The molecule has 3 rings (SSSR count). The number of benzene rings is 2. The van der Waals surface area contributed by atoms with E-state index in [9.17, 15) is 13.2 Å². The van der Waals surface area contributed by atoms with Crippen molar-refractivity contribution in [2.24, 2.45) is 0 Å². The molecule has 0 saturated heterocycles. The van der Waals surface area contributed by atoms with Gasteiger partial charge in [-0.2, -0.15) is 0 Å². The monoisotopic (exact) mass is 456 g/mol. The van der Waals surface area contributed by atoms with Gasteiger partial charge >= 0.3 is 0 Å². The third kappa shape index (κ3) is 5.59. The van der Waals surface area contributed by atoms with E-state index < -0.39 is 15.9 Å². The van der Waals surface area contributed by atoms with Gasteiger partial charge in [-0.25, -0.2) is 13.4 Å². The first-order chi connectivity index (χ1) is 14.7. The average Bonchev–Trinajstić information content (AvgIpc) is 3.22. The molecule has 0 bridgehead atoms. The molecule has 0 saturated carbocycles. The molecule has 1 aromatic heterocycles. The van der Waals surface area contributed by atoms with Gasteiger partial charge in [-0.1, -0.05) is 35.9 Å². The summed E-state index contributed by atoms with van der Waals surface area (Å²) in [5.41, 5.74) is 2.54. The predicted molar refractivity (Wildman–Crippen MR) is 124 cm³/mol. The Morgan fingerprint density at radius 1 is 1.19 bits per heavy atom. The second-order valence-corrected chi connectivity index (χ2v) is 9.97. The van der Waals surface area contributed by atoms with Crippen molar-refractivity contribution in [3.63, 3.8) is 0 Å². The van der Waals surface area contributed by atoms with Crippen molar-refractivity contribution in [1.29, 1.82) is 0 Å². The molecule has 0 unspecified atom stereocenters. The Labute approximate surface area is 186 Å². The molecule has 2 aromatic carbocycles. The van der Waals surface area contributed by atoms with Crippen LogP contribution in [0.2, 0.25) is 0 Å². The predicted octanol–water partition coefficient (Wildman–Crippen LogP) is 4.51. The SMILES string of the molecule is C=CCN(C(=O)[C@@H](C)Oc1ccc(C)cc1)c1nc(-c2ccc(S(C)(=O)=O)cc2)cs1. The lowest BCUT2D eigenvalue weighted by Crippen LogP contribution is -2.40. The zero-order chi connectivity index (χ0) is 22.6. The molecule has 0 spiro atoms. The Balaban J connectivity index is 1.80. The first-order valence-corrected chi connectivity index (χ1v) is 12.4. The highest BCUT2D eigenvalue weighted by molar-refractivity contribution is 7.90. The number of amides is 1. The number of anilines is 1. The molecule has 1 heterocycles. The van der Waals surface area contributed by atoms with Gasteiger partial charge in [0.2, 0.25) is 0 Å². The number of ether oxygens (including phenoxy) is 1. The summed E-state index contributed by atoms with van der Waals surface area (Å²) in [4.78, 5) is 19.4. The van der Waals surface area contributed by atoms with E-state index in [4.69, 9.17) is 4.74 Å². The van der Waals surface area contributed by atoms with Gasteiger partial charge in [0.1, 0.15) is 5.75 Å². The quantitative estimate of drug-likeness (QED) is 0.466. The Hall–Kier alpha value is -2.97. The largest absolute Gasteiger partial charge is 0.481 e. The molecule has 31 heavy (non-hydrogen) atoms. The maximum absolute atomic E-state index is 13.1. The molecular weight excluding hydrogens is 432 g/mol. The van der Waals surface area contributed by atoms with E-state index in [1.54, 1.807) is 37.3 Å². The van der Waals surface area contributed by atoms with Crippen LogP contribution in [0.3, 0.4) is 0 Å². The van der Waals surface area contributed by atoms with Crippen LogP contribution in [0.5, 0.6) is 5.75 Å². The molecule has 1 amide bonds. The number of thiazole rings is 1. The van der Waals surface area contributed by atoms with Crippen LogP contribution < -0.4 is 9.64 Å². The number of carbonyl (C=O) groups excluding carboxylic acids is 1. The Kier molecular flexibility index (Phi) is 6.92. The van der Waals surface area contributed by atoms with E-state index >= 15 is 0 Å². The molecule has 3 aromatic rings. The highest BCUT2D eigenvalue weighted by Crippen LogP contribution is 2.29. The van der Waals surface area contributed by atoms with Gasteiger partial charge in [0.15, 0.2) is 21.1 Å². The van der Waals surface area contributed by atoms with Crippen LogP contribution in [-0.2, 0) is 14.6 Å². The van der Waals surface area contributed by atoms with Crippen LogP contribution in [0.1, 0.15) is 12.5 Å². The number of rotatable bonds is 8. The number of hydrogen-bond acceptors (Lipinski definition) is 6. The van der Waals surface area contributed by atoms with Crippen molar-refractivity contribution < 1.29 is 17.9 Å².